The second-order valence-corrected chi connectivity index (χ2v) is 2.88. The van der Waals surface area contributed by atoms with Gasteiger partial charge in [0.25, 0.3) is 0 Å². The maximum Gasteiger partial charge on any atom is 0.308 e. The van der Waals surface area contributed by atoms with Gasteiger partial charge in [0.1, 0.15) is 12.4 Å². The Labute approximate surface area is 84.7 Å². The summed E-state index contributed by atoms with van der Waals surface area (Å²) in [7, 11) is 0. The van der Waals surface area contributed by atoms with E-state index < -0.39 is 0 Å². The fourth-order valence-electron chi connectivity index (χ4n) is 0.691. The van der Waals surface area contributed by atoms with Gasteiger partial charge in [0.2, 0.25) is 0 Å². The highest BCUT2D eigenvalue weighted by molar-refractivity contribution is 5.67. The Balaban J connectivity index is 4.25. The van der Waals surface area contributed by atoms with Crippen molar-refractivity contribution >= 4 is 5.97 Å². The first kappa shape index (κ1) is 12.5. The lowest BCUT2D eigenvalue weighted by molar-refractivity contribution is -0.136. The van der Waals surface area contributed by atoms with E-state index in [9.17, 15) is 4.79 Å². The molecule has 78 valence electrons. The predicted octanol–water partition coefficient (Wildman–Crippen LogP) is 2.56. The molecule has 0 unspecified atom stereocenters. The molecule has 0 fully saturated rings. The van der Waals surface area contributed by atoms with Gasteiger partial charge in [0.15, 0.2) is 0 Å². The van der Waals surface area contributed by atoms with Gasteiger partial charge in [0.05, 0.1) is 6.26 Å². The Morgan fingerprint density at radius 1 is 1.36 bits per heavy atom. The van der Waals surface area contributed by atoms with Crippen LogP contribution < -0.4 is 0 Å². The summed E-state index contributed by atoms with van der Waals surface area (Å²) in [6, 6.07) is 0. The van der Waals surface area contributed by atoms with Crippen LogP contribution in [0, 0.1) is 0 Å². The summed E-state index contributed by atoms with van der Waals surface area (Å²) >= 11 is 0. The Morgan fingerprint density at radius 3 is 2.43 bits per heavy atom. The average molecular weight is 196 g/mol. The summed E-state index contributed by atoms with van der Waals surface area (Å²) in [5.74, 6) is 0.177. The molecule has 0 bridgehead atoms. The van der Waals surface area contributed by atoms with E-state index >= 15 is 0 Å². The summed E-state index contributed by atoms with van der Waals surface area (Å²) in [6.07, 6.45) is 4.73. The summed E-state index contributed by atoms with van der Waals surface area (Å²) < 4.78 is 9.96. The molecular weight excluding hydrogens is 180 g/mol. The molecular formula is C11H16O3. The van der Waals surface area contributed by atoms with Gasteiger partial charge in [-0.15, -0.1) is 0 Å². The third-order valence-electron chi connectivity index (χ3n) is 1.28. The third kappa shape index (κ3) is 6.06. The van der Waals surface area contributed by atoms with Crippen molar-refractivity contribution in [1.82, 2.24) is 0 Å². The Kier molecular flexibility index (Phi) is 6.20. The highest BCUT2D eigenvalue weighted by atomic mass is 16.5. The van der Waals surface area contributed by atoms with E-state index in [1.165, 1.54) is 13.2 Å². The number of hydrogen-bond acceptors (Lipinski definition) is 3. The van der Waals surface area contributed by atoms with Crippen LogP contribution in [0.2, 0.25) is 0 Å². The molecule has 0 aromatic carbocycles. The molecule has 0 spiro atoms. The number of rotatable bonds is 5. The largest absolute Gasteiger partial charge is 0.497 e. The highest BCUT2D eigenvalue weighted by Crippen LogP contribution is 2.07. The Hall–Kier alpha value is -1.51. The van der Waals surface area contributed by atoms with Crippen LogP contribution in [0.4, 0.5) is 0 Å². The van der Waals surface area contributed by atoms with Gasteiger partial charge >= 0.3 is 5.97 Å². The number of ether oxygens (including phenoxy) is 2. The van der Waals surface area contributed by atoms with Crippen molar-refractivity contribution in [3.63, 3.8) is 0 Å². The van der Waals surface area contributed by atoms with Gasteiger partial charge in [0, 0.05) is 13.0 Å². The van der Waals surface area contributed by atoms with Gasteiger partial charge in [-0.1, -0.05) is 12.7 Å². The van der Waals surface area contributed by atoms with Crippen molar-refractivity contribution in [3.8, 4) is 0 Å². The van der Waals surface area contributed by atoms with Crippen molar-refractivity contribution in [2.45, 2.75) is 20.8 Å². The first-order valence-corrected chi connectivity index (χ1v) is 4.33. The predicted molar refractivity (Wildman–Crippen MR) is 55.4 cm³/mol. The summed E-state index contributed by atoms with van der Waals surface area (Å²) in [4.78, 5) is 10.7. The molecule has 0 atom stereocenters. The van der Waals surface area contributed by atoms with E-state index in [-0.39, 0.29) is 5.97 Å². The van der Waals surface area contributed by atoms with Gasteiger partial charge in [-0.25, -0.2) is 0 Å². The molecule has 0 radical (unpaired) electrons. The monoisotopic (exact) mass is 196 g/mol. The lowest BCUT2D eigenvalue weighted by atomic mass is 10.3. The Morgan fingerprint density at radius 2 is 2.00 bits per heavy atom. The zero-order valence-electron chi connectivity index (χ0n) is 8.87. The third-order valence-corrected chi connectivity index (χ3v) is 1.28. The zero-order valence-corrected chi connectivity index (χ0v) is 8.87. The van der Waals surface area contributed by atoms with Crippen molar-refractivity contribution in [2.75, 3.05) is 6.61 Å². The molecule has 0 N–H and O–H groups in total. The second-order valence-electron chi connectivity index (χ2n) is 2.88. The summed E-state index contributed by atoms with van der Waals surface area (Å²) in [5, 5.41) is 0. The van der Waals surface area contributed by atoms with Crippen LogP contribution in [0.1, 0.15) is 20.8 Å². The molecule has 0 heterocycles. The molecule has 0 aliphatic heterocycles. The van der Waals surface area contributed by atoms with E-state index in [1.54, 1.807) is 12.2 Å². The molecule has 3 heteroatoms. The molecule has 0 saturated heterocycles. The van der Waals surface area contributed by atoms with Gasteiger partial charge < -0.3 is 9.47 Å². The molecule has 0 aliphatic carbocycles. The van der Waals surface area contributed by atoms with E-state index in [1.807, 2.05) is 13.8 Å². The average Bonchev–Trinajstić information content (AvgIpc) is 2.09. The van der Waals surface area contributed by atoms with Crippen molar-refractivity contribution < 1.29 is 14.3 Å². The molecule has 0 amide bonds. The smallest absolute Gasteiger partial charge is 0.308 e. The number of allylic oxidation sites excluding steroid dienone is 2. The molecule has 3 nitrogen and oxygen atoms in total. The minimum atomic E-state index is -0.338. The van der Waals surface area contributed by atoms with Crippen LogP contribution in [0.15, 0.2) is 36.3 Å². The minimum Gasteiger partial charge on any atom is -0.497 e. The molecule has 0 aromatic rings. The van der Waals surface area contributed by atoms with E-state index in [2.05, 4.69) is 6.58 Å². The quantitative estimate of drug-likeness (QED) is 0.223. The topological polar surface area (TPSA) is 35.5 Å². The first-order valence-electron chi connectivity index (χ1n) is 4.33. The van der Waals surface area contributed by atoms with Crippen LogP contribution in [0.3, 0.4) is 0 Å². The maximum atomic E-state index is 10.7. The lowest BCUT2D eigenvalue weighted by Gasteiger charge is -2.03. The number of carbonyl (C=O) groups excluding carboxylic acids is 1. The summed E-state index contributed by atoms with van der Waals surface area (Å²) in [5.41, 5.74) is 0.915. The standard InChI is InChI=1S/C11H16O3/c1-5-7-13-8-6-11(9(2)3)14-10(4)12/h5-6,8H,1,7H2,2-4H3/b8-6-. The van der Waals surface area contributed by atoms with Crippen LogP contribution >= 0.6 is 0 Å². The van der Waals surface area contributed by atoms with E-state index in [0.717, 1.165) is 5.57 Å². The van der Waals surface area contributed by atoms with Crippen LogP contribution in [-0.2, 0) is 14.3 Å². The molecule has 0 saturated carbocycles. The maximum absolute atomic E-state index is 10.7. The summed E-state index contributed by atoms with van der Waals surface area (Å²) in [6.45, 7) is 9.02. The van der Waals surface area contributed by atoms with Crippen molar-refractivity contribution in [2.24, 2.45) is 0 Å². The molecule has 0 aromatic heterocycles. The normalized spacial score (nSPS) is 9.64. The molecule has 0 aliphatic rings. The minimum absolute atomic E-state index is 0.338. The molecule has 14 heavy (non-hydrogen) atoms. The number of esters is 1. The fourth-order valence-corrected chi connectivity index (χ4v) is 0.691. The second kappa shape index (κ2) is 6.95. The van der Waals surface area contributed by atoms with Gasteiger partial charge in [-0.3, -0.25) is 4.79 Å². The fraction of sp³-hybridized carbons (Fsp3) is 0.364. The number of hydrogen-bond donors (Lipinski definition) is 0. The highest BCUT2D eigenvalue weighted by Gasteiger charge is 1.99. The first-order chi connectivity index (χ1) is 6.57. The molecule has 0 rings (SSSR count). The van der Waals surface area contributed by atoms with Gasteiger partial charge in [-0.2, -0.15) is 0 Å². The van der Waals surface area contributed by atoms with Crippen molar-refractivity contribution in [3.05, 3.63) is 36.3 Å². The zero-order chi connectivity index (χ0) is 11.0. The number of carbonyl (C=O) groups is 1. The van der Waals surface area contributed by atoms with E-state index in [4.69, 9.17) is 9.47 Å². The van der Waals surface area contributed by atoms with Crippen LogP contribution in [-0.4, -0.2) is 12.6 Å². The van der Waals surface area contributed by atoms with E-state index in [0.29, 0.717) is 12.4 Å². The van der Waals surface area contributed by atoms with Crippen LogP contribution in [0.25, 0.3) is 0 Å². The van der Waals surface area contributed by atoms with Crippen molar-refractivity contribution in [1.29, 1.82) is 0 Å². The van der Waals surface area contributed by atoms with Crippen LogP contribution in [0.5, 0.6) is 0 Å². The SMILES string of the molecule is C=CCO/C=C\C(OC(C)=O)=C(C)C. The Bertz CT molecular complexity index is 258. The van der Waals surface area contributed by atoms with Gasteiger partial charge in [-0.05, 0) is 19.4 Å². The lowest BCUT2D eigenvalue weighted by Crippen LogP contribution is -1.98.